The fraction of sp³-hybridized carbons (Fsp3) is 0.281. The minimum Gasteiger partial charge on any atom is -0.466 e. The van der Waals surface area contributed by atoms with E-state index in [9.17, 15) is 4.79 Å². The van der Waals surface area contributed by atoms with Crippen LogP contribution in [0.1, 0.15) is 39.7 Å². The zero-order valence-corrected chi connectivity index (χ0v) is 23.1. The maximum absolute atomic E-state index is 11.8. The third-order valence-electron chi connectivity index (χ3n) is 6.55. The molecule has 0 radical (unpaired) electrons. The summed E-state index contributed by atoms with van der Waals surface area (Å²) in [4.78, 5) is 11.8. The third-order valence-corrected chi connectivity index (χ3v) is 11.6. The molecule has 3 aromatic carbocycles. The lowest BCUT2D eigenvalue weighted by Gasteiger charge is -2.46. The van der Waals surface area contributed by atoms with Crippen LogP contribution in [0.15, 0.2) is 109 Å². The standard InChI is InChI=1S/C32H38O3Si/c1-26(24-25-27-16-9-6-10-17-27)30(22-15-23-31(33)34-5)35-36(32(2,3)4,28-18-11-7-12-19-28)29-20-13-8-14-21-29/h6-21,23-26,30H,22H2,1-5H3/b23-15+,25-24+/t26-,30+/m1/s1. The molecule has 0 aliphatic carbocycles. The highest BCUT2D eigenvalue weighted by atomic mass is 28.4. The van der Waals surface area contributed by atoms with E-state index in [2.05, 4.69) is 113 Å². The Morgan fingerprint density at radius 2 is 1.36 bits per heavy atom. The van der Waals surface area contributed by atoms with Crippen LogP contribution in [-0.2, 0) is 14.0 Å². The van der Waals surface area contributed by atoms with E-state index in [1.165, 1.54) is 23.6 Å². The van der Waals surface area contributed by atoms with Crippen molar-refractivity contribution >= 4 is 30.7 Å². The molecular weight excluding hydrogens is 460 g/mol. The largest absolute Gasteiger partial charge is 0.466 e. The van der Waals surface area contributed by atoms with Crippen LogP contribution in [0.2, 0.25) is 5.04 Å². The first-order valence-electron chi connectivity index (χ1n) is 12.5. The zero-order valence-electron chi connectivity index (χ0n) is 22.1. The average Bonchev–Trinajstić information content (AvgIpc) is 2.90. The Balaban J connectivity index is 2.09. The summed E-state index contributed by atoms with van der Waals surface area (Å²) in [5.74, 6) is -0.249. The zero-order chi connectivity index (χ0) is 26.0. The summed E-state index contributed by atoms with van der Waals surface area (Å²) in [6, 6.07) is 31.6. The van der Waals surface area contributed by atoms with Crippen LogP contribution < -0.4 is 10.4 Å². The Morgan fingerprint density at radius 3 is 1.83 bits per heavy atom. The first kappa shape index (κ1) is 27.4. The van der Waals surface area contributed by atoms with Gasteiger partial charge < -0.3 is 9.16 Å². The molecule has 188 valence electrons. The van der Waals surface area contributed by atoms with Gasteiger partial charge in [0.2, 0.25) is 0 Å². The minimum absolute atomic E-state index is 0.106. The molecule has 4 heteroatoms. The summed E-state index contributed by atoms with van der Waals surface area (Å²) in [5, 5.41) is 2.35. The van der Waals surface area contributed by atoms with Crippen molar-refractivity contribution in [2.75, 3.05) is 7.11 Å². The van der Waals surface area contributed by atoms with Gasteiger partial charge in [0.15, 0.2) is 0 Å². The highest BCUT2D eigenvalue weighted by Gasteiger charge is 2.51. The summed E-state index contributed by atoms with van der Waals surface area (Å²) in [7, 11) is -1.36. The lowest BCUT2D eigenvalue weighted by Crippen LogP contribution is -2.68. The number of hydrogen-bond acceptors (Lipinski definition) is 3. The Kier molecular flexibility index (Phi) is 9.63. The molecular formula is C32H38O3Si. The van der Waals surface area contributed by atoms with Gasteiger partial charge in [0, 0.05) is 6.08 Å². The maximum Gasteiger partial charge on any atom is 0.330 e. The molecule has 36 heavy (non-hydrogen) atoms. The summed E-state index contributed by atoms with van der Waals surface area (Å²) in [5.41, 5.74) is 1.15. The summed E-state index contributed by atoms with van der Waals surface area (Å²) < 4.78 is 12.2. The van der Waals surface area contributed by atoms with E-state index in [1.807, 2.05) is 24.3 Å². The van der Waals surface area contributed by atoms with Crippen molar-refractivity contribution in [2.24, 2.45) is 5.92 Å². The summed E-state index contributed by atoms with van der Waals surface area (Å²) in [6.07, 6.45) is 8.19. The van der Waals surface area contributed by atoms with Gasteiger partial charge in [-0.3, -0.25) is 0 Å². The number of methoxy groups -OCH3 is 1. The predicted molar refractivity (Wildman–Crippen MR) is 153 cm³/mol. The van der Waals surface area contributed by atoms with Crippen LogP contribution in [0, 0.1) is 5.92 Å². The number of carbonyl (C=O) groups excluding carboxylic acids is 1. The number of esters is 1. The van der Waals surface area contributed by atoms with Crippen molar-refractivity contribution in [2.45, 2.75) is 45.3 Å². The van der Waals surface area contributed by atoms with Gasteiger partial charge in [0.05, 0.1) is 13.2 Å². The van der Waals surface area contributed by atoms with Crippen molar-refractivity contribution < 1.29 is 14.0 Å². The molecule has 0 aliphatic heterocycles. The fourth-order valence-corrected chi connectivity index (χ4v) is 9.39. The van der Waals surface area contributed by atoms with Crippen molar-refractivity contribution in [1.82, 2.24) is 0 Å². The second-order valence-corrected chi connectivity index (χ2v) is 14.4. The van der Waals surface area contributed by atoms with E-state index in [-0.39, 0.29) is 23.0 Å². The molecule has 0 heterocycles. The summed E-state index contributed by atoms with van der Waals surface area (Å²) in [6.45, 7) is 9.04. The Morgan fingerprint density at radius 1 is 0.861 bits per heavy atom. The van der Waals surface area contributed by atoms with Crippen LogP contribution in [0.25, 0.3) is 6.08 Å². The van der Waals surface area contributed by atoms with Crippen molar-refractivity contribution in [3.05, 3.63) is 115 Å². The molecule has 0 aliphatic rings. The Hall–Kier alpha value is -3.21. The Bertz CT molecular complexity index is 1090. The third kappa shape index (κ3) is 6.71. The average molecular weight is 499 g/mol. The molecule has 0 fully saturated rings. The van der Waals surface area contributed by atoms with Gasteiger partial charge in [-0.2, -0.15) is 0 Å². The van der Waals surface area contributed by atoms with E-state index < -0.39 is 8.32 Å². The Labute approximate surface area is 217 Å². The van der Waals surface area contributed by atoms with Crippen molar-refractivity contribution in [1.29, 1.82) is 0 Å². The highest BCUT2D eigenvalue weighted by Crippen LogP contribution is 2.39. The van der Waals surface area contributed by atoms with Gasteiger partial charge in [0.1, 0.15) is 0 Å². The molecule has 0 amide bonds. The molecule has 0 aromatic heterocycles. The molecule has 0 bridgehead atoms. The van der Waals surface area contributed by atoms with E-state index >= 15 is 0 Å². The van der Waals surface area contributed by atoms with Gasteiger partial charge in [0.25, 0.3) is 8.32 Å². The molecule has 3 aromatic rings. The molecule has 3 rings (SSSR count). The number of ether oxygens (including phenoxy) is 1. The van der Waals surface area contributed by atoms with E-state index in [0.29, 0.717) is 6.42 Å². The molecule has 3 nitrogen and oxygen atoms in total. The van der Waals surface area contributed by atoms with Crippen molar-refractivity contribution in [3.63, 3.8) is 0 Å². The van der Waals surface area contributed by atoms with Gasteiger partial charge >= 0.3 is 5.97 Å². The smallest absolute Gasteiger partial charge is 0.330 e. The molecule has 0 unspecified atom stereocenters. The molecule has 0 saturated carbocycles. The highest BCUT2D eigenvalue weighted by molar-refractivity contribution is 6.99. The van der Waals surface area contributed by atoms with Crippen LogP contribution in [0.3, 0.4) is 0 Å². The number of rotatable bonds is 10. The van der Waals surface area contributed by atoms with Crippen LogP contribution >= 0.6 is 0 Å². The molecule has 0 saturated heterocycles. The lowest BCUT2D eigenvalue weighted by atomic mass is 10.00. The van der Waals surface area contributed by atoms with Gasteiger partial charge in [-0.1, -0.05) is 137 Å². The minimum atomic E-state index is -2.75. The second kappa shape index (κ2) is 12.7. The monoisotopic (exact) mass is 498 g/mol. The first-order chi connectivity index (χ1) is 17.3. The van der Waals surface area contributed by atoms with Gasteiger partial charge in [-0.05, 0) is 33.3 Å². The fourth-order valence-electron chi connectivity index (χ4n) is 4.61. The van der Waals surface area contributed by atoms with Crippen LogP contribution in [-0.4, -0.2) is 27.5 Å². The van der Waals surface area contributed by atoms with E-state index in [0.717, 1.165) is 5.56 Å². The second-order valence-electron chi connectivity index (χ2n) is 10.1. The van der Waals surface area contributed by atoms with Gasteiger partial charge in [-0.25, -0.2) is 4.79 Å². The molecule has 0 spiro atoms. The van der Waals surface area contributed by atoms with E-state index in [4.69, 9.17) is 9.16 Å². The first-order valence-corrected chi connectivity index (χ1v) is 14.5. The lowest BCUT2D eigenvalue weighted by molar-refractivity contribution is -0.134. The maximum atomic E-state index is 11.8. The SMILES string of the molecule is COC(=O)/C=C/C[C@H](O[Si](c1ccccc1)(c1ccccc1)C(C)(C)C)[C@H](C)/C=C/c1ccccc1. The molecule has 0 N–H and O–H groups in total. The van der Waals surface area contributed by atoms with Crippen molar-refractivity contribution in [3.8, 4) is 0 Å². The van der Waals surface area contributed by atoms with Gasteiger partial charge in [-0.15, -0.1) is 0 Å². The normalized spacial score (nSPS) is 14.1. The summed E-state index contributed by atoms with van der Waals surface area (Å²) >= 11 is 0. The topological polar surface area (TPSA) is 35.5 Å². The predicted octanol–water partition coefficient (Wildman–Crippen LogP) is 6.40. The van der Waals surface area contributed by atoms with Crippen LogP contribution in [0.4, 0.5) is 0 Å². The van der Waals surface area contributed by atoms with Crippen LogP contribution in [0.5, 0.6) is 0 Å². The number of carbonyl (C=O) groups is 1. The molecule has 2 atom stereocenters. The van der Waals surface area contributed by atoms with E-state index in [1.54, 1.807) is 0 Å². The number of benzene rings is 3. The quantitative estimate of drug-likeness (QED) is 0.184. The number of hydrogen-bond donors (Lipinski definition) is 0.